The molecular formula is C15H26N4. The summed E-state index contributed by atoms with van der Waals surface area (Å²) in [6.45, 7) is 2.09. The van der Waals surface area contributed by atoms with Gasteiger partial charge in [-0.3, -0.25) is 0 Å². The van der Waals surface area contributed by atoms with Crippen LogP contribution in [0.1, 0.15) is 81.4 Å². The third-order valence-electron chi connectivity index (χ3n) is 4.98. The van der Waals surface area contributed by atoms with Crippen molar-refractivity contribution in [3.8, 4) is 0 Å². The normalized spacial score (nSPS) is 29.6. The van der Waals surface area contributed by atoms with Gasteiger partial charge in [-0.2, -0.15) is 0 Å². The van der Waals surface area contributed by atoms with Crippen molar-refractivity contribution in [2.24, 2.45) is 5.73 Å². The topological polar surface area (TPSA) is 56.7 Å². The van der Waals surface area contributed by atoms with E-state index in [-0.39, 0.29) is 6.04 Å². The SMILES string of the molecule is Cc1nnc(C2CCCCCC2N)n1C1CCCC1. The largest absolute Gasteiger partial charge is 0.327 e. The number of nitrogens with two attached hydrogens (primary N) is 1. The van der Waals surface area contributed by atoms with E-state index in [9.17, 15) is 0 Å². The first-order valence-electron chi connectivity index (χ1n) is 7.94. The summed E-state index contributed by atoms with van der Waals surface area (Å²) in [7, 11) is 0. The quantitative estimate of drug-likeness (QED) is 0.833. The van der Waals surface area contributed by atoms with Gasteiger partial charge < -0.3 is 10.3 Å². The number of hydrogen-bond donors (Lipinski definition) is 1. The Kier molecular flexibility index (Phi) is 3.87. The number of hydrogen-bond acceptors (Lipinski definition) is 3. The Morgan fingerprint density at radius 3 is 2.42 bits per heavy atom. The summed E-state index contributed by atoms with van der Waals surface area (Å²) < 4.78 is 2.42. The van der Waals surface area contributed by atoms with Gasteiger partial charge >= 0.3 is 0 Å². The van der Waals surface area contributed by atoms with Gasteiger partial charge in [0.25, 0.3) is 0 Å². The maximum atomic E-state index is 6.41. The first-order chi connectivity index (χ1) is 9.27. The zero-order chi connectivity index (χ0) is 13.2. The second-order valence-corrected chi connectivity index (χ2v) is 6.32. The first-order valence-corrected chi connectivity index (χ1v) is 7.94. The van der Waals surface area contributed by atoms with Gasteiger partial charge in [-0.25, -0.2) is 0 Å². The van der Waals surface area contributed by atoms with Crippen LogP contribution in [0.4, 0.5) is 0 Å². The van der Waals surface area contributed by atoms with E-state index in [1.807, 2.05) is 0 Å². The van der Waals surface area contributed by atoms with Crippen LogP contribution in [0.2, 0.25) is 0 Å². The highest BCUT2D eigenvalue weighted by atomic mass is 15.3. The van der Waals surface area contributed by atoms with Gasteiger partial charge in [0.2, 0.25) is 0 Å². The number of nitrogens with zero attached hydrogens (tertiary/aromatic N) is 3. The predicted octanol–water partition coefficient (Wildman–Crippen LogP) is 3.08. The van der Waals surface area contributed by atoms with Crippen LogP contribution in [0.3, 0.4) is 0 Å². The molecule has 2 N–H and O–H groups in total. The van der Waals surface area contributed by atoms with Crippen LogP contribution in [0.25, 0.3) is 0 Å². The van der Waals surface area contributed by atoms with Crippen molar-refractivity contribution in [1.29, 1.82) is 0 Å². The Morgan fingerprint density at radius 1 is 0.947 bits per heavy atom. The first kappa shape index (κ1) is 13.1. The van der Waals surface area contributed by atoms with Gasteiger partial charge in [0, 0.05) is 18.0 Å². The van der Waals surface area contributed by atoms with Gasteiger partial charge in [0.15, 0.2) is 0 Å². The molecular weight excluding hydrogens is 236 g/mol. The van der Waals surface area contributed by atoms with Gasteiger partial charge in [-0.15, -0.1) is 10.2 Å². The van der Waals surface area contributed by atoms with E-state index in [0.29, 0.717) is 12.0 Å². The van der Waals surface area contributed by atoms with Gasteiger partial charge in [-0.05, 0) is 32.6 Å². The molecule has 106 valence electrons. The highest BCUT2D eigenvalue weighted by molar-refractivity contribution is 5.08. The lowest BCUT2D eigenvalue weighted by atomic mass is 9.94. The summed E-state index contributed by atoms with van der Waals surface area (Å²) in [6.07, 6.45) is 11.5. The minimum absolute atomic E-state index is 0.270. The minimum atomic E-state index is 0.270. The lowest BCUT2D eigenvalue weighted by Crippen LogP contribution is -2.30. The zero-order valence-electron chi connectivity index (χ0n) is 12.0. The van der Waals surface area contributed by atoms with Gasteiger partial charge in [0.05, 0.1) is 0 Å². The van der Waals surface area contributed by atoms with E-state index in [0.717, 1.165) is 12.2 Å². The fraction of sp³-hybridized carbons (Fsp3) is 0.867. The second kappa shape index (κ2) is 5.61. The highest BCUT2D eigenvalue weighted by Crippen LogP contribution is 2.36. The molecule has 1 aromatic heterocycles. The summed E-state index contributed by atoms with van der Waals surface area (Å²) >= 11 is 0. The van der Waals surface area contributed by atoms with Crippen molar-refractivity contribution in [2.75, 3.05) is 0 Å². The molecule has 2 fully saturated rings. The van der Waals surface area contributed by atoms with E-state index >= 15 is 0 Å². The minimum Gasteiger partial charge on any atom is -0.327 e. The Hall–Kier alpha value is -0.900. The van der Waals surface area contributed by atoms with E-state index in [2.05, 4.69) is 21.7 Å². The lowest BCUT2D eigenvalue weighted by Gasteiger charge is -2.24. The van der Waals surface area contributed by atoms with E-state index in [1.165, 1.54) is 57.2 Å². The van der Waals surface area contributed by atoms with Crippen LogP contribution in [0.15, 0.2) is 0 Å². The third-order valence-corrected chi connectivity index (χ3v) is 4.98. The van der Waals surface area contributed by atoms with Crippen LogP contribution >= 0.6 is 0 Å². The van der Waals surface area contributed by atoms with Crippen LogP contribution in [-0.2, 0) is 0 Å². The van der Waals surface area contributed by atoms with Crippen LogP contribution in [0, 0.1) is 6.92 Å². The molecule has 2 saturated carbocycles. The highest BCUT2D eigenvalue weighted by Gasteiger charge is 2.30. The molecule has 19 heavy (non-hydrogen) atoms. The molecule has 2 atom stereocenters. The standard InChI is InChI=1S/C15H26N4/c1-11-17-18-15(19(11)12-7-5-6-8-12)13-9-3-2-4-10-14(13)16/h12-14H,2-10,16H2,1H3. The van der Waals surface area contributed by atoms with Crippen LogP contribution in [0.5, 0.6) is 0 Å². The molecule has 1 heterocycles. The van der Waals surface area contributed by atoms with Crippen molar-refractivity contribution in [3.63, 3.8) is 0 Å². The molecule has 3 rings (SSSR count). The molecule has 4 nitrogen and oxygen atoms in total. The van der Waals surface area contributed by atoms with Crippen molar-refractivity contribution >= 4 is 0 Å². The van der Waals surface area contributed by atoms with Crippen molar-refractivity contribution < 1.29 is 0 Å². The molecule has 0 saturated heterocycles. The maximum absolute atomic E-state index is 6.41. The van der Waals surface area contributed by atoms with E-state index in [1.54, 1.807) is 0 Å². The molecule has 1 aromatic rings. The molecule has 0 aromatic carbocycles. The average molecular weight is 262 g/mol. The second-order valence-electron chi connectivity index (χ2n) is 6.32. The molecule has 0 radical (unpaired) electrons. The molecule has 0 bridgehead atoms. The fourth-order valence-corrected chi connectivity index (χ4v) is 3.91. The predicted molar refractivity (Wildman–Crippen MR) is 76.1 cm³/mol. The van der Waals surface area contributed by atoms with Crippen LogP contribution < -0.4 is 5.73 Å². The van der Waals surface area contributed by atoms with Gasteiger partial charge in [0.1, 0.15) is 11.6 Å². The maximum Gasteiger partial charge on any atom is 0.137 e. The van der Waals surface area contributed by atoms with E-state index in [4.69, 9.17) is 5.73 Å². The summed E-state index contributed by atoms with van der Waals surface area (Å²) in [4.78, 5) is 0. The summed E-state index contributed by atoms with van der Waals surface area (Å²) in [5, 5.41) is 8.87. The number of aryl methyl sites for hydroxylation is 1. The molecule has 0 amide bonds. The number of aromatic nitrogens is 3. The van der Waals surface area contributed by atoms with Gasteiger partial charge in [-0.1, -0.05) is 32.1 Å². The summed E-state index contributed by atoms with van der Waals surface area (Å²) in [5.41, 5.74) is 6.41. The van der Waals surface area contributed by atoms with E-state index < -0.39 is 0 Å². The fourth-order valence-electron chi connectivity index (χ4n) is 3.91. The molecule has 4 heteroatoms. The Bertz CT molecular complexity index is 420. The third kappa shape index (κ3) is 2.55. The lowest BCUT2D eigenvalue weighted by molar-refractivity contribution is 0.421. The van der Waals surface area contributed by atoms with Crippen molar-refractivity contribution in [3.05, 3.63) is 11.6 Å². The molecule has 2 aliphatic carbocycles. The molecule has 2 aliphatic rings. The monoisotopic (exact) mass is 262 g/mol. The molecule has 2 unspecified atom stereocenters. The van der Waals surface area contributed by atoms with Crippen LogP contribution in [-0.4, -0.2) is 20.8 Å². The molecule has 0 spiro atoms. The summed E-state index contributed by atoms with van der Waals surface area (Å²) in [5.74, 6) is 2.68. The number of rotatable bonds is 2. The Morgan fingerprint density at radius 2 is 1.63 bits per heavy atom. The smallest absolute Gasteiger partial charge is 0.137 e. The Balaban J connectivity index is 1.90. The van der Waals surface area contributed by atoms with Crippen molar-refractivity contribution in [2.45, 2.75) is 82.7 Å². The average Bonchev–Trinajstić information content (AvgIpc) is 2.98. The molecule has 0 aliphatic heterocycles. The Labute approximate surface area is 115 Å². The van der Waals surface area contributed by atoms with Crippen molar-refractivity contribution in [1.82, 2.24) is 14.8 Å². The zero-order valence-corrected chi connectivity index (χ0v) is 12.0. The summed E-state index contributed by atoms with van der Waals surface area (Å²) in [6, 6.07) is 0.895.